The summed E-state index contributed by atoms with van der Waals surface area (Å²) in [5.41, 5.74) is 0.719. The van der Waals surface area contributed by atoms with Crippen LogP contribution in [0.4, 0.5) is 0 Å². The molecule has 2 amide bonds. The number of amides is 2. The summed E-state index contributed by atoms with van der Waals surface area (Å²) in [6, 6.07) is 5.41. The van der Waals surface area contributed by atoms with E-state index >= 15 is 0 Å². The Kier molecular flexibility index (Phi) is 6.52. The first-order valence-electron chi connectivity index (χ1n) is 6.20. The summed E-state index contributed by atoms with van der Waals surface area (Å²) in [5, 5.41) is 5.10. The minimum Gasteiger partial charge on any atom is -0.348 e. The van der Waals surface area contributed by atoms with Crippen LogP contribution in [0.3, 0.4) is 0 Å². The molecule has 0 aliphatic rings. The van der Waals surface area contributed by atoms with E-state index in [0.29, 0.717) is 6.54 Å². The van der Waals surface area contributed by atoms with Crippen LogP contribution in [-0.4, -0.2) is 48.9 Å². The highest BCUT2D eigenvalue weighted by Gasteiger charge is 2.12. The van der Waals surface area contributed by atoms with Gasteiger partial charge in [0, 0.05) is 12.7 Å². The SMILES string of the molecule is CN(C)CCCNC(=O)C(=O)NCc1ccccn1. The number of rotatable bonds is 6. The van der Waals surface area contributed by atoms with E-state index in [2.05, 4.69) is 15.6 Å². The summed E-state index contributed by atoms with van der Waals surface area (Å²) >= 11 is 0. The second-order valence-electron chi connectivity index (χ2n) is 4.42. The van der Waals surface area contributed by atoms with E-state index in [1.165, 1.54) is 0 Å². The fourth-order valence-corrected chi connectivity index (χ4v) is 1.43. The first-order chi connectivity index (χ1) is 9.09. The Labute approximate surface area is 113 Å². The van der Waals surface area contributed by atoms with Crippen molar-refractivity contribution in [3.63, 3.8) is 0 Å². The summed E-state index contributed by atoms with van der Waals surface area (Å²) in [6.45, 7) is 1.62. The van der Waals surface area contributed by atoms with Crippen LogP contribution < -0.4 is 10.6 Å². The van der Waals surface area contributed by atoms with Crippen molar-refractivity contribution in [3.8, 4) is 0 Å². The predicted octanol–water partition coefficient (Wildman–Crippen LogP) is -0.234. The van der Waals surface area contributed by atoms with Crippen molar-refractivity contribution in [2.24, 2.45) is 0 Å². The van der Waals surface area contributed by atoms with Crippen molar-refractivity contribution in [2.75, 3.05) is 27.2 Å². The summed E-state index contributed by atoms with van der Waals surface area (Å²) in [5.74, 6) is -1.23. The van der Waals surface area contributed by atoms with Gasteiger partial charge in [-0.3, -0.25) is 14.6 Å². The van der Waals surface area contributed by atoms with Crippen LogP contribution in [0.5, 0.6) is 0 Å². The average molecular weight is 264 g/mol. The van der Waals surface area contributed by atoms with Gasteiger partial charge in [-0.25, -0.2) is 0 Å². The Morgan fingerprint density at radius 2 is 1.95 bits per heavy atom. The molecule has 0 spiro atoms. The molecular weight excluding hydrogens is 244 g/mol. The third-order valence-corrected chi connectivity index (χ3v) is 2.43. The Morgan fingerprint density at radius 3 is 2.58 bits per heavy atom. The third-order valence-electron chi connectivity index (χ3n) is 2.43. The van der Waals surface area contributed by atoms with Crippen LogP contribution >= 0.6 is 0 Å². The molecule has 0 aliphatic heterocycles. The van der Waals surface area contributed by atoms with Crippen LogP contribution in [0.1, 0.15) is 12.1 Å². The molecule has 1 rings (SSSR count). The molecule has 104 valence electrons. The highest BCUT2D eigenvalue weighted by molar-refractivity contribution is 6.35. The van der Waals surface area contributed by atoms with Crippen LogP contribution in [0.25, 0.3) is 0 Å². The zero-order valence-electron chi connectivity index (χ0n) is 11.3. The zero-order valence-corrected chi connectivity index (χ0v) is 11.3. The number of hydrogen-bond donors (Lipinski definition) is 2. The lowest BCUT2D eigenvalue weighted by atomic mass is 10.3. The summed E-state index contributed by atoms with van der Waals surface area (Å²) in [6.07, 6.45) is 2.45. The van der Waals surface area contributed by atoms with Gasteiger partial charge in [0.2, 0.25) is 0 Å². The minimum atomic E-state index is -0.629. The maximum absolute atomic E-state index is 11.5. The molecule has 0 aromatic carbocycles. The van der Waals surface area contributed by atoms with E-state index in [-0.39, 0.29) is 6.54 Å². The number of hydrogen-bond acceptors (Lipinski definition) is 4. The number of pyridine rings is 1. The van der Waals surface area contributed by atoms with Crippen molar-refractivity contribution in [1.82, 2.24) is 20.5 Å². The fourth-order valence-electron chi connectivity index (χ4n) is 1.43. The number of nitrogens with zero attached hydrogens (tertiary/aromatic N) is 2. The van der Waals surface area contributed by atoms with Gasteiger partial charge in [-0.2, -0.15) is 0 Å². The summed E-state index contributed by atoms with van der Waals surface area (Å²) < 4.78 is 0. The highest BCUT2D eigenvalue weighted by atomic mass is 16.2. The van der Waals surface area contributed by atoms with E-state index in [1.807, 2.05) is 25.1 Å². The van der Waals surface area contributed by atoms with E-state index in [0.717, 1.165) is 18.7 Å². The molecule has 0 bridgehead atoms. The molecule has 0 atom stereocenters. The predicted molar refractivity (Wildman–Crippen MR) is 72.3 cm³/mol. The molecule has 19 heavy (non-hydrogen) atoms. The fraction of sp³-hybridized carbons (Fsp3) is 0.462. The minimum absolute atomic E-state index is 0.255. The number of carbonyl (C=O) groups excluding carboxylic acids is 2. The van der Waals surface area contributed by atoms with Crippen LogP contribution in [-0.2, 0) is 16.1 Å². The van der Waals surface area contributed by atoms with Gasteiger partial charge >= 0.3 is 11.8 Å². The normalized spacial score (nSPS) is 10.3. The molecule has 0 aliphatic carbocycles. The molecule has 0 saturated heterocycles. The second kappa shape index (κ2) is 8.20. The molecule has 0 unspecified atom stereocenters. The Hall–Kier alpha value is -1.95. The quantitative estimate of drug-likeness (QED) is 0.549. The number of aromatic nitrogens is 1. The lowest BCUT2D eigenvalue weighted by molar-refractivity contribution is -0.139. The van der Waals surface area contributed by atoms with Crippen molar-refractivity contribution < 1.29 is 9.59 Å². The molecule has 0 radical (unpaired) electrons. The Bertz CT molecular complexity index is 406. The number of nitrogens with one attached hydrogen (secondary N) is 2. The lowest BCUT2D eigenvalue weighted by Gasteiger charge is -2.09. The average Bonchev–Trinajstić information content (AvgIpc) is 2.41. The molecule has 0 saturated carbocycles. The molecule has 0 fully saturated rings. The first-order valence-corrected chi connectivity index (χ1v) is 6.20. The van der Waals surface area contributed by atoms with E-state index in [4.69, 9.17) is 0 Å². The van der Waals surface area contributed by atoms with Gasteiger partial charge in [-0.05, 0) is 39.2 Å². The summed E-state index contributed by atoms with van der Waals surface area (Å²) in [7, 11) is 3.92. The molecule has 1 aromatic rings. The standard InChI is InChI=1S/C13H20N4O2/c1-17(2)9-5-8-15-12(18)13(19)16-10-11-6-3-4-7-14-11/h3-4,6-7H,5,8-10H2,1-2H3,(H,15,18)(H,16,19). The van der Waals surface area contributed by atoms with Gasteiger partial charge in [-0.1, -0.05) is 6.07 Å². The first kappa shape index (κ1) is 15.1. The van der Waals surface area contributed by atoms with Gasteiger partial charge in [0.25, 0.3) is 0 Å². The molecular formula is C13H20N4O2. The Balaban J connectivity index is 2.20. The summed E-state index contributed by atoms with van der Waals surface area (Å²) in [4.78, 5) is 29.0. The maximum atomic E-state index is 11.5. The second-order valence-corrected chi connectivity index (χ2v) is 4.42. The van der Waals surface area contributed by atoms with Crippen molar-refractivity contribution in [1.29, 1.82) is 0 Å². The van der Waals surface area contributed by atoms with Crippen molar-refractivity contribution in [2.45, 2.75) is 13.0 Å². The number of carbonyl (C=O) groups is 2. The largest absolute Gasteiger partial charge is 0.348 e. The van der Waals surface area contributed by atoms with Gasteiger partial charge < -0.3 is 15.5 Å². The van der Waals surface area contributed by atoms with Crippen molar-refractivity contribution in [3.05, 3.63) is 30.1 Å². The topological polar surface area (TPSA) is 74.3 Å². The molecule has 6 heteroatoms. The smallest absolute Gasteiger partial charge is 0.309 e. The molecule has 1 heterocycles. The van der Waals surface area contributed by atoms with Crippen LogP contribution in [0.2, 0.25) is 0 Å². The van der Waals surface area contributed by atoms with E-state index in [1.54, 1.807) is 18.3 Å². The molecule has 6 nitrogen and oxygen atoms in total. The van der Waals surface area contributed by atoms with Crippen molar-refractivity contribution >= 4 is 11.8 Å². The molecule has 1 aromatic heterocycles. The Morgan fingerprint density at radius 1 is 1.21 bits per heavy atom. The molecule has 2 N–H and O–H groups in total. The lowest BCUT2D eigenvalue weighted by Crippen LogP contribution is -2.40. The monoisotopic (exact) mass is 264 g/mol. The van der Waals surface area contributed by atoms with Crippen LogP contribution in [0, 0.1) is 0 Å². The van der Waals surface area contributed by atoms with Gasteiger partial charge in [0.1, 0.15) is 0 Å². The van der Waals surface area contributed by atoms with E-state index in [9.17, 15) is 9.59 Å². The van der Waals surface area contributed by atoms with Crippen LogP contribution in [0.15, 0.2) is 24.4 Å². The maximum Gasteiger partial charge on any atom is 0.309 e. The van der Waals surface area contributed by atoms with Gasteiger partial charge in [-0.15, -0.1) is 0 Å². The van der Waals surface area contributed by atoms with E-state index < -0.39 is 11.8 Å². The zero-order chi connectivity index (χ0) is 14.1. The van der Waals surface area contributed by atoms with Gasteiger partial charge in [0.15, 0.2) is 0 Å². The highest BCUT2D eigenvalue weighted by Crippen LogP contribution is 1.91. The van der Waals surface area contributed by atoms with Gasteiger partial charge in [0.05, 0.1) is 12.2 Å². The third kappa shape index (κ3) is 6.52.